The summed E-state index contributed by atoms with van der Waals surface area (Å²) in [6.45, 7) is 0. The Morgan fingerprint density at radius 1 is 1.19 bits per heavy atom. The molecule has 2 aromatic carbocycles. The van der Waals surface area contributed by atoms with Crippen molar-refractivity contribution in [2.45, 2.75) is 0 Å². The number of nitrogens with zero attached hydrogens (tertiary/aromatic N) is 3. The molecule has 0 aliphatic carbocycles. The van der Waals surface area contributed by atoms with E-state index in [2.05, 4.69) is 15.4 Å². The number of rotatable bonds is 4. The average molecular weight is 386 g/mol. The molecular formula is C18H12F2N4O2S. The van der Waals surface area contributed by atoms with Crippen molar-refractivity contribution in [1.29, 1.82) is 0 Å². The van der Waals surface area contributed by atoms with E-state index in [1.807, 2.05) is 29.6 Å². The van der Waals surface area contributed by atoms with Crippen LogP contribution in [-0.2, 0) is 0 Å². The van der Waals surface area contributed by atoms with Gasteiger partial charge in [-0.3, -0.25) is 10.1 Å². The Morgan fingerprint density at radius 3 is 2.70 bits per heavy atom. The molecule has 0 unspecified atom stereocenters. The number of fused-ring (bicyclic) bond motifs is 1. The second kappa shape index (κ2) is 6.76. The minimum atomic E-state index is -0.825. The first-order chi connectivity index (χ1) is 13.0. The molecule has 1 N–H and O–H groups in total. The first kappa shape index (κ1) is 17.1. The molecule has 4 rings (SSSR count). The van der Waals surface area contributed by atoms with Crippen LogP contribution in [0.25, 0.3) is 16.2 Å². The summed E-state index contributed by atoms with van der Waals surface area (Å²) in [5.41, 5.74) is 1.26. The van der Waals surface area contributed by atoms with Crippen LogP contribution in [0, 0.1) is 11.6 Å². The number of anilines is 1. The molecule has 2 heterocycles. The maximum Gasteiger partial charge on any atom is 0.261 e. The zero-order valence-electron chi connectivity index (χ0n) is 13.9. The van der Waals surface area contributed by atoms with E-state index >= 15 is 0 Å². The predicted octanol–water partition coefficient (Wildman–Crippen LogP) is 4.00. The summed E-state index contributed by atoms with van der Waals surface area (Å²) in [4.78, 5) is 17.0. The van der Waals surface area contributed by atoms with Gasteiger partial charge in [-0.1, -0.05) is 0 Å². The van der Waals surface area contributed by atoms with Crippen LogP contribution in [0.5, 0.6) is 5.75 Å². The van der Waals surface area contributed by atoms with Gasteiger partial charge in [-0.2, -0.15) is 4.98 Å². The van der Waals surface area contributed by atoms with Crippen molar-refractivity contribution in [2.75, 3.05) is 12.4 Å². The summed E-state index contributed by atoms with van der Waals surface area (Å²) in [6.07, 6.45) is 0. The van der Waals surface area contributed by atoms with Gasteiger partial charge < -0.3 is 4.74 Å². The smallest absolute Gasteiger partial charge is 0.261 e. The van der Waals surface area contributed by atoms with Crippen LogP contribution in [-0.4, -0.2) is 27.6 Å². The third-order valence-corrected chi connectivity index (χ3v) is 4.68. The largest absolute Gasteiger partial charge is 0.497 e. The van der Waals surface area contributed by atoms with Crippen LogP contribution in [0.15, 0.2) is 47.8 Å². The quantitative estimate of drug-likeness (QED) is 0.576. The highest BCUT2D eigenvalue weighted by Gasteiger charge is 2.17. The van der Waals surface area contributed by atoms with Crippen LogP contribution in [0.2, 0.25) is 0 Å². The van der Waals surface area contributed by atoms with E-state index in [0.717, 1.165) is 35.2 Å². The minimum absolute atomic E-state index is 0.00488. The molecule has 0 spiro atoms. The third kappa shape index (κ3) is 3.24. The molecule has 0 fully saturated rings. The SMILES string of the molecule is COc1ccc(-c2csc3nc(NC(=O)c4cc(F)ccc4F)nn23)cc1. The molecule has 0 aliphatic rings. The highest BCUT2D eigenvalue weighted by Crippen LogP contribution is 2.27. The topological polar surface area (TPSA) is 68.5 Å². The summed E-state index contributed by atoms with van der Waals surface area (Å²) in [5.74, 6) is -1.62. The number of benzene rings is 2. The van der Waals surface area contributed by atoms with E-state index in [1.165, 1.54) is 11.3 Å². The van der Waals surface area contributed by atoms with Crippen LogP contribution in [0.1, 0.15) is 10.4 Å². The minimum Gasteiger partial charge on any atom is -0.497 e. The van der Waals surface area contributed by atoms with Crippen LogP contribution in [0.4, 0.5) is 14.7 Å². The van der Waals surface area contributed by atoms with Crippen molar-refractivity contribution in [3.05, 3.63) is 65.0 Å². The predicted molar refractivity (Wildman–Crippen MR) is 97.2 cm³/mol. The number of carbonyl (C=O) groups excluding carboxylic acids is 1. The second-order valence-corrected chi connectivity index (χ2v) is 6.39. The molecule has 6 nitrogen and oxygen atoms in total. The van der Waals surface area contributed by atoms with Gasteiger partial charge in [0, 0.05) is 10.9 Å². The number of aromatic nitrogens is 3. The molecule has 4 aromatic rings. The Bertz CT molecular complexity index is 1140. The fourth-order valence-electron chi connectivity index (χ4n) is 2.53. The van der Waals surface area contributed by atoms with Crippen LogP contribution in [0.3, 0.4) is 0 Å². The lowest BCUT2D eigenvalue weighted by Gasteiger charge is -2.03. The van der Waals surface area contributed by atoms with Gasteiger partial charge in [0.2, 0.25) is 4.96 Å². The lowest BCUT2D eigenvalue weighted by molar-refractivity contribution is 0.102. The number of amides is 1. The third-order valence-electron chi connectivity index (χ3n) is 3.87. The number of halogens is 2. The molecule has 9 heteroatoms. The van der Waals surface area contributed by atoms with E-state index in [-0.39, 0.29) is 5.95 Å². The molecular weight excluding hydrogens is 374 g/mol. The Labute approximate surface area is 156 Å². The van der Waals surface area contributed by atoms with Gasteiger partial charge in [0.1, 0.15) is 17.4 Å². The standard InChI is InChI=1S/C18H12F2N4O2S/c1-26-12-5-2-10(3-6-12)15-9-27-18-22-17(23-24(15)18)21-16(25)13-8-11(19)4-7-14(13)20/h2-9H,1H3,(H,21,23,25). The highest BCUT2D eigenvalue weighted by molar-refractivity contribution is 7.15. The molecule has 0 aliphatic heterocycles. The number of hydrogen-bond donors (Lipinski definition) is 1. The number of hydrogen-bond acceptors (Lipinski definition) is 5. The molecule has 0 radical (unpaired) electrons. The first-order valence-corrected chi connectivity index (χ1v) is 8.68. The maximum atomic E-state index is 13.7. The summed E-state index contributed by atoms with van der Waals surface area (Å²) in [5, 5.41) is 8.53. The van der Waals surface area contributed by atoms with Gasteiger partial charge >= 0.3 is 0 Å². The Balaban J connectivity index is 1.63. The van der Waals surface area contributed by atoms with Crippen molar-refractivity contribution in [2.24, 2.45) is 0 Å². The van der Waals surface area contributed by atoms with Crippen molar-refractivity contribution in [3.63, 3.8) is 0 Å². The van der Waals surface area contributed by atoms with Crippen molar-refractivity contribution < 1.29 is 18.3 Å². The number of nitrogens with one attached hydrogen (secondary N) is 1. The highest BCUT2D eigenvalue weighted by atomic mass is 32.1. The maximum absolute atomic E-state index is 13.7. The fraction of sp³-hybridized carbons (Fsp3) is 0.0556. The molecule has 0 atom stereocenters. The lowest BCUT2D eigenvalue weighted by atomic mass is 10.2. The molecule has 1 amide bonds. The number of methoxy groups -OCH3 is 1. The van der Waals surface area contributed by atoms with Gasteiger partial charge in [0.15, 0.2) is 0 Å². The second-order valence-electron chi connectivity index (χ2n) is 5.56. The van der Waals surface area contributed by atoms with Crippen molar-refractivity contribution in [1.82, 2.24) is 14.6 Å². The van der Waals surface area contributed by atoms with E-state index in [4.69, 9.17) is 4.74 Å². The summed E-state index contributed by atoms with van der Waals surface area (Å²) in [6, 6.07) is 10.1. The molecule has 2 aromatic heterocycles. The van der Waals surface area contributed by atoms with Crippen LogP contribution >= 0.6 is 11.3 Å². The van der Waals surface area contributed by atoms with E-state index < -0.39 is 23.1 Å². The number of carbonyl (C=O) groups is 1. The summed E-state index contributed by atoms with van der Waals surface area (Å²) < 4.78 is 33.7. The van der Waals surface area contributed by atoms with Gasteiger partial charge in [0.05, 0.1) is 18.4 Å². The van der Waals surface area contributed by atoms with Crippen molar-refractivity contribution in [3.8, 4) is 17.0 Å². The fourth-order valence-corrected chi connectivity index (χ4v) is 3.37. The molecule has 0 bridgehead atoms. The van der Waals surface area contributed by atoms with Gasteiger partial charge in [0.25, 0.3) is 11.9 Å². The number of ether oxygens (including phenoxy) is 1. The summed E-state index contributed by atoms with van der Waals surface area (Å²) in [7, 11) is 1.59. The molecule has 136 valence electrons. The Hall–Kier alpha value is -3.33. The molecule has 0 saturated heterocycles. The van der Waals surface area contributed by atoms with Crippen LogP contribution < -0.4 is 10.1 Å². The van der Waals surface area contributed by atoms with Gasteiger partial charge in [-0.25, -0.2) is 13.3 Å². The van der Waals surface area contributed by atoms with E-state index in [0.29, 0.717) is 4.96 Å². The normalized spacial score (nSPS) is 10.9. The average Bonchev–Trinajstić information content (AvgIpc) is 3.24. The van der Waals surface area contributed by atoms with Gasteiger partial charge in [-0.15, -0.1) is 16.4 Å². The van der Waals surface area contributed by atoms with Gasteiger partial charge in [-0.05, 0) is 42.5 Å². The number of thiazole rings is 1. The lowest BCUT2D eigenvalue weighted by Crippen LogP contribution is -2.15. The van der Waals surface area contributed by atoms with E-state index in [1.54, 1.807) is 11.6 Å². The molecule has 27 heavy (non-hydrogen) atoms. The van der Waals surface area contributed by atoms with Crippen molar-refractivity contribution >= 4 is 28.2 Å². The Morgan fingerprint density at radius 2 is 1.96 bits per heavy atom. The first-order valence-electron chi connectivity index (χ1n) is 7.80. The summed E-state index contributed by atoms with van der Waals surface area (Å²) >= 11 is 1.34. The molecule has 0 saturated carbocycles. The monoisotopic (exact) mass is 386 g/mol. The Kier molecular flexibility index (Phi) is 4.28. The van der Waals surface area contributed by atoms with E-state index in [9.17, 15) is 13.6 Å². The zero-order chi connectivity index (χ0) is 19.0. The zero-order valence-corrected chi connectivity index (χ0v) is 14.8.